The molecule has 1 aliphatic carbocycles. The van der Waals surface area contributed by atoms with Crippen molar-refractivity contribution in [3.63, 3.8) is 0 Å². The first-order valence-corrected chi connectivity index (χ1v) is 8.49. The van der Waals surface area contributed by atoms with Crippen LogP contribution in [0.2, 0.25) is 0 Å². The smallest absolute Gasteiger partial charge is 0.256 e. The third-order valence-electron chi connectivity index (χ3n) is 4.66. The fourth-order valence-electron chi connectivity index (χ4n) is 3.15. The van der Waals surface area contributed by atoms with Gasteiger partial charge in [-0.25, -0.2) is 4.98 Å². The van der Waals surface area contributed by atoms with E-state index in [4.69, 9.17) is 10.7 Å². The number of benzene rings is 1. The maximum Gasteiger partial charge on any atom is 0.256 e. The lowest BCUT2D eigenvalue weighted by molar-refractivity contribution is 0.0998. The number of anilines is 1. The minimum absolute atomic E-state index is 0.220. The van der Waals surface area contributed by atoms with Crippen LogP contribution >= 0.6 is 0 Å². The van der Waals surface area contributed by atoms with E-state index < -0.39 is 5.91 Å². The number of carbonyl (C=O) groups is 2. The predicted molar refractivity (Wildman–Crippen MR) is 98.1 cm³/mol. The third-order valence-corrected chi connectivity index (χ3v) is 4.66. The Morgan fingerprint density at radius 3 is 2.54 bits per heavy atom. The lowest BCUT2D eigenvalue weighted by Crippen LogP contribution is -2.14. The van der Waals surface area contributed by atoms with Crippen LogP contribution in [0.25, 0.3) is 11.0 Å². The lowest BCUT2D eigenvalue weighted by Gasteiger charge is -2.09. The summed E-state index contributed by atoms with van der Waals surface area (Å²) in [6.45, 7) is 1.87. The van der Waals surface area contributed by atoms with Crippen LogP contribution in [-0.2, 0) is 7.05 Å². The number of hydrogen-bond acceptors (Lipinski definition) is 4. The number of fused-ring (bicyclic) bond motifs is 1. The molecule has 1 aromatic carbocycles. The summed E-state index contributed by atoms with van der Waals surface area (Å²) in [4.78, 5) is 28.8. The Bertz CT molecular complexity index is 1030. The van der Waals surface area contributed by atoms with Gasteiger partial charge < -0.3 is 11.1 Å². The van der Waals surface area contributed by atoms with Crippen molar-refractivity contribution < 1.29 is 9.59 Å². The van der Waals surface area contributed by atoms with E-state index in [1.165, 1.54) is 0 Å². The zero-order valence-electron chi connectivity index (χ0n) is 14.6. The van der Waals surface area contributed by atoms with Gasteiger partial charge in [0.25, 0.3) is 5.91 Å². The molecule has 3 aromatic rings. The molecular formula is C19H19N5O2. The van der Waals surface area contributed by atoms with Gasteiger partial charge in [0.1, 0.15) is 0 Å². The molecule has 4 rings (SSSR count). The van der Waals surface area contributed by atoms with Gasteiger partial charge in [-0.3, -0.25) is 14.3 Å². The van der Waals surface area contributed by atoms with E-state index in [1.54, 1.807) is 28.9 Å². The number of amides is 2. The molecule has 7 nitrogen and oxygen atoms in total. The molecule has 2 heterocycles. The molecule has 0 unspecified atom stereocenters. The van der Waals surface area contributed by atoms with Crippen molar-refractivity contribution in [3.05, 3.63) is 52.8 Å². The summed E-state index contributed by atoms with van der Waals surface area (Å²) >= 11 is 0. The monoisotopic (exact) mass is 349 g/mol. The van der Waals surface area contributed by atoms with Gasteiger partial charge in [0.05, 0.1) is 16.6 Å². The Hall–Kier alpha value is -3.22. The number of primary amides is 1. The SMILES string of the molecule is Cc1nn(C)c2nc(C3CC3)cc(C(=O)Nc3ccc(C(N)=O)cc3)c12. The first-order chi connectivity index (χ1) is 12.4. The zero-order chi connectivity index (χ0) is 18.4. The van der Waals surface area contributed by atoms with Crippen LogP contribution in [0, 0.1) is 6.92 Å². The summed E-state index contributed by atoms with van der Waals surface area (Å²) in [5.74, 6) is -0.294. The third kappa shape index (κ3) is 2.81. The highest BCUT2D eigenvalue weighted by Gasteiger charge is 2.28. The van der Waals surface area contributed by atoms with Crippen molar-refractivity contribution in [1.82, 2.24) is 14.8 Å². The van der Waals surface area contributed by atoms with Crippen molar-refractivity contribution in [2.24, 2.45) is 12.8 Å². The second-order valence-corrected chi connectivity index (χ2v) is 6.67. The first kappa shape index (κ1) is 16.3. The van der Waals surface area contributed by atoms with Gasteiger partial charge in [0, 0.05) is 29.9 Å². The van der Waals surface area contributed by atoms with Crippen LogP contribution in [0.15, 0.2) is 30.3 Å². The minimum Gasteiger partial charge on any atom is -0.366 e. The number of aryl methyl sites for hydroxylation is 2. The van der Waals surface area contributed by atoms with Gasteiger partial charge in [0.2, 0.25) is 5.91 Å². The van der Waals surface area contributed by atoms with E-state index in [0.717, 1.165) is 35.3 Å². The minimum atomic E-state index is -0.501. The molecule has 132 valence electrons. The molecule has 3 N–H and O–H groups in total. The molecule has 0 bridgehead atoms. The number of nitrogens with two attached hydrogens (primary N) is 1. The van der Waals surface area contributed by atoms with Gasteiger partial charge in [-0.15, -0.1) is 0 Å². The Labute approximate surface area is 150 Å². The van der Waals surface area contributed by atoms with E-state index in [1.807, 2.05) is 20.0 Å². The number of rotatable bonds is 4. The normalized spacial score (nSPS) is 13.8. The predicted octanol–water partition coefficient (Wildman–Crippen LogP) is 2.51. The number of nitrogens with one attached hydrogen (secondary N) is 1. The zero-order valence-corrected chi connectivity index (χ0v) is 14.6. The highest BCUT2D eigenvalue weighted by Crippen LogP contribution is 2.40. The maximum atomic E-state index is 12.9. The average Bonchev–Trinajstić information content (AvgIpc) is 3.42. The topological polar surface area (TPSA) is 103 Å². The van der Waals surface area contributed by atoms with Gasteiger partial charge >= 0.3 is 0 Å². The standard InChI is InChI=1S/C19H19N5O2/c1-10-16-14(9-15(11-3-4-11)22-18(16)24(2)23-10)19(26)21-13-7-5-12(6-8-13)17(20)25/h5-9,11H,3-4H2,1-2H3,(H2,20,25)(H,21,26). The molecule has 1 fully saturated rings. The van der Waals surface area contributed by atoms with Crippen molar-refractivity contribution >= 4 is 28.5 Å². The summed E-state index contributed by atoms with van der Waals surface area (Å²) in [6, 6.07) is 8.38. The van der Waals surface area contributed by atoms with E-state index >= 15 is 0 Å². The molecule has 0 saturated heterocycles. The Morgan fingerprint density at radius 2 is 1.92 bits per heavy atom. The van der Waals surface area contributed by atoms with Crippen LogP contribution in [0.3, 0.4) is 0 Å². The highest BCUT2D eigenvalue weighted by molar-refractivity contribution is 6.12. The van der Waals surface area contributed by atoms with Crippen molar-refractivity contribution in [2.75, 3.05) is 5.32 Å². The molecule has 1 saturated carbocycles. The molecule has 26 heavy (non-hydrogen) atoms. The largest absolute Gasteiger partial charge is 0.366 e. The molecule has 0 atom stereocenters. The molecule has 2 aromatic heterocycles. The van der Waals surface area contributed by atoms with Crippen molar-refractivity contribution in [1.29, 1.82) is 0 Å². The van der Waals surface area contributed by atoms with E-state index in [9.17, 15) is 9.59 Å². The van der Waals surface area contributed by atoms with Gasteiger partial charge in [-0.2, -0.15) is 5.10 Å². The van der Waals surface area contributed by atoms with Crippen LogP contribution in [0.5, 0.6) is 0 Å². The second kappa shape index (κ2) is 5.94. The molecule has 2 amide bonds. The number of carbonyl (C=O) groups excluding carboxylic acids is 2. The Balaban J connectivity index is 1.72. The molecule has 0 radical (unpaired) electrons. The summed E-state index contributed by atoms with van der Waals surface area (Å²) in [5, 5.41) is 8.07. The molecule has 0 aliphatic heterocycles. The molecule has 1 aliphatic rings. The van der Waals surface area contributed by atoms with Gasteiger partial charge in [0.15, 0.2) is 5.65 Å². The van der Waals surface area contributed by atoms with Crippen LogP contribution < -0.4 is 11.1 Å². The van der Waals surface area contributed by atoms with Crippen molar-refractivity contribution in [3.8, 4) is 0 Å². The van der Waals surface area contributed by atoms with E-state index in [-0.39, 0.29) is 5.91 Å². The highest BCUT2D eigenvalue weighted by atomic mass is 16.2. The van der Waals surface area contributed by atoms with Crippen LogP contribution in [0.1, 0.15) is 50.9 Å². The summed E-state index contributed by atoms with van der Waals surface area (Å²) in [6.07, 6.45) is 2.20. The Morgan fingerprint density at radius 1 is 1.23 bits per heavy atom. The first-order valence-electron chi connectivity index (χ1n) is 8.49. The van der Waals surface area contributed by atoms with Crippen LogP contribution in [0.4, 0.5) is 5.69 Å². The molecule has 7 heteroatoms. The average molecular weight is 349 g/mol. The van der Waals surface area contributed by atoms with Crippen LogP contribution in [-0.4, -0.2) is 26.6 Å². The molecular weight excluding hydrogens is 330 g/mol. The molecule has 0 spiro atoms. The number of nitrogens with zero attached hydrogens (tertiary/aromatic N) is 3. The van der Waals surface area contributed by atoms with Gasteiger partial charge in [-0.05, 0) is 50.1 Å². The van der Waals surface area contributed by atoms with E-state index in [2.05, 4.69) is 10.4 Å². The second-order valence-electron chi connectivity index (χ2n) is 6.67. The summed E-state index contributed by atoms with van der Waals surface area (Å²) in [5.41, 5.74) is 9.24. The Kier molecular flexibility index (Phi) is 3.72. The van der Waals surface area contributed by atoms with Gasteiger partial charge in [-0.1, -0.05) is 0 Å². The quantitative estimate of drug-likeness (QED) is 0.755. The maximum absolute atomic E-state index is 12.9. The number of pyridine rings is 1. The number of aromatic nitrogens is 3. The van der Waals surface area contributed by atoms with E-state index in [0.29, 0.717) is 22.7 Å². The van der Waals surface area contributed by atoms with Crippen molar-refractivity contribution in [2.45, 2.75) is 25.7 Å². The summed E-state index contributed by atoms with van der Waals surface area (Å²) in [7, 11) is 1.84. The number of hydrogen-bond donors (Lipinski definition) is 2. The summed E-state index contributed by atoms with van der Waals surface area (Å²) < 4.78 is 1.72. The fourth-order valence-corrected chi connectivity index (χ4v) is 3.15. The lowest BCUT2D eigenvalue weighted by atomic mass is 10.1. The fraction of sp³-hybridized carbons (Fsp3) is 0.263.